The second-order valence-corrected chi connectivity index (χ2v) is 13.9. The third-order valence-corrected chi connectivity index (χ3v) is 9.52. The molecule has 5 N–H and O–H groups in total. The van der Waals surface area contributed by atoms with Gasteiger partial charge in [0.25, 0.3) is 11.8 Å². The lowest BCUT2D eigenvalue weighted by atomic mass is 9.98. The lowest BCUT2D eigenvalue weighted by Gasteiger charge is -2.49. The van der Waals surface area contributed by atoms with E-state index >= 15 is 0 Å². The van der Waals surface area contributed by atoms with Crippen molar-refractivity contribution in [1.29, 1.82) is 0 Å². The van der Waals surface area contributed by atoms with E-state index in [0.29, 0.717) is 34.4 Å². The number of amides is 2. The van der Waals surface area contributed by atoms with Gasteiger partial charge in [0, 0.05) is 23.0 Å². The van der Waals surface area contributed by atoms with Crippen molar-refractivity contribution in [1.82, 2.24) is 29.8 Å². The summed E-state index contributed by atoms with van der Waals surface area (Å²) in [5.41, 5.74) is 12.3. The largest absolute Gasteiger partial charge is 0.427 e. The third kappa shape index (κ3) is 8.57. The molecule has 2 amide bonds. The highest BCUT2D eigenvalue weighted by Crippen LogP contribution is 2.42. The molecule has 240 valence electrons. The quantitative estimate of drug-likeness (QED) is 0.0502. The Hall–Kier alpha value is -3.04. The number of carbonyl (C=O) groups excluding carboxylic acids is 4. The maximum Gasteiger partial charge on any atom is 0.357 e. The molecule has 0 bridgehead atoms. The van der Waals surface area contributed by atoms with Crippen LogP contribution in [0.25, 0.3) is 0 Å². The zero-order valence-electron chi connectivity index (χ0n) is 23.7. The highest BCUT2D eigenvalue weighted by atomic mass is 35.5. The number of halogens is 1. The predicted octanol–water partition coefficient (Wildman–Crippen LogP) is 0.999. The number of anilines is 1. The third-order valence-electron chi connectivity index (χ3n) is 5.69. The van der Waals surface area contributed by atoms with Gasteiger partial charge in [-0.1, -0.05) is 28.3 Å². The number of aromatic nitrogens is 4. The number of nitrogens with zero attached hydrogens (tertiary/aromatic N) is 6. The van der Waals surface area contributed by atoms with Crippen molar-refractivity contribution in [2.24, 2.45) is 16.3 Å². The van der Waals surface area contributed by atoms with Crippen LogP contribution in [0.4, 0.5) is 5.13 Å². The molecule has 0 aliphatic carbocycles. The fourth-order valence-electron chi connectivity index (χ4n) is 3.56. The summed E-state index contributed by atoms with van der Waals surface area (Å²) in [5, 5.41) is 13.8. The van der Waals surface area contributed by atoms with Crippen molar-refractivity contribution < 1.29 is 33.5 Å². The first-order valence-electron chi connectivity index (χ1n) is 12.7. The van der Waals surface area contributed by atoms with Crippen LogP contribution in [0.15, 0.2) is 26.3 Å². The van der Waals surface area contributed by atoms with Crippen molar-refractivity contribution >= 4 is 93.4 Å². The van der Waals surface area contributed by atoms with Gasteiger partial charge in [0.1, 0.15) is 29.2 Å². The van der Waals surface area contributed by atoms with E-state index in [-0.39, 0.29) is 41.4 Å². The molecule has 44 heavy (non-hydrogen) atoms. The molecule has 0 aromatic carbocycles. The van der Waals surface area contributed by atoms with E-state index in [9.17, 15) is 19.2 Å². The van der Waals surface area contributed by atoms with Crippen molar-refractivity contribution in [3.8, 4) is 0 Å². The number of carbonyl (C=O) groups is 4. The smallest absolute Gasteiger partial charge is 0.357 e. The summed E-state index contributed by atoms with van der Waals surface area (Å²) in [7, 11) is 0. The minimum atomic E-state index is -0.999. The van der Waals surface area contributed by atoms with Crippen molar-refractivity contribution in [2.45, 2.75) is 42.9 Å². The van der Waals surface area contributed by atoms with Gasteiger partial charge in [-0.05, 0) is 39.3 Å². The summed E-state index contributed by atoms with van der Waals surface area (Å²) in [4.78, 5) is 62.5. The molecule has 0 spiro atoms. The Balaban J connectivity index is 0.00000529. The van der Waals surface area contributed by atoms with E-state index < -0.39 is 47.4 Å². The molecule has 0 saturated carbocycles. The van der Waals surface area contributed by atoms with E-state index in [4.69, 9.17) is 25.8 Å². The van der Waals surface area contributed by atoms with E-state index in [1.165, 1.54) is 39.8 Å². The number of thioether (sulfide) groups is 2. The molecule has 21 heteroatoms. The monoisotopic (exact) mass is 707 g/mol. The molecular formula is C23H30ClN9O7S4. The first-order valence-corrected chi connectivity index (χ1v) is 16.4. The van der Waals surface area contributed by atoms with Crippen LogP contribution in [0.3, 0.4) is 0 Å². The van der Waals surface area contributed by atoms with E-state index in [2.05, 4.69) is 30.0 Å². The van der Waals surface area contributed by atoms with Gasteiger partial charge in [-0.2, -0.15) is 9.36 Å². The van der Waals surface area contributed by atoms with Crippen LogP contribution in [0, 0.1) is 5.41 Å². The number of hydrogen-bond acceptors (Lipinski definition) is 18. The van der Waals surface area contributed by atoms with Crippen LogP contribution in [-0.2, 0) is 33.5 Å². The summed E-state index contributed by atoms with van der Waals surface area (Å²) in [6.07, 6.45) is 0.500. The maximum absolute atomic E-state index is 13.4. The molecule has 2 aromatic heterocycles. The number of fused-ring (bicyclic) bond motifs is 1. The molecule has 2 aliphatic heterocycles. The highest BCUT2D eigenvalue weighted by molar-refractivity contribution is 8.01. The summed E-state index contributed by atoms with van der Waals surface area (Å²) in [6.45, 7) is 4.90. The zero-order chi connectivity index (χ0) is 31.1. The predicted molar refractivity (Wildman–Crippen MR) is 167 cm³/mol. The van der Waals surface area contributed by atoms with Crippen molar-refractivity contribution in [3.63, 3.8) is 0 Å². The molecule has 0 radical (unpaired) electrons. The Morgan fingerprint density at radius 3 is 2.68 bits per heavy atom. The molecule has 2 aromatic rings. The second kappa shape index (κ2) is 15.8. The van der Waals surface area contributed by atoms with Crippen LogP contribution in [0.2, 0.25) is 0 Å². The number of β-lactam (4-membered cyclic amide) rings is 1. The van der Waals surface area contributed by atoms with Crippen LogP contribution in [0.1, 0.15) is 33.0 Å². The Bertz CT molecular complexity index is 1410. The van der Waals surface area contributed by atoms with Gasteiger partial charge in [-0.25, -0.2) is 4.79 Å². The molecule has 16 nitrogen and oxygen atoms in total. The van der Waals surface area contributed by atoms with Crippen LogP contribution in [-0.4, -0.2) is 96.8 Å². The second-order valence-electron chi connectivity index (χ2n) is 9.91. The average Bonchev–Trinajstić information content (AvgIpc) is 3.65. The van der Waals surface area contributed by atoms with Gasteiger partial charge in [0.15, 0.2) is 9.47 Å². The van der Waals surface area contributed by atoms with Gasteiger partial charge in [-0.3, -0.25) is 19.3 Å². The van der Waals surface area contributed by atoms with E-state index in [1.807, 2.05) is 0 Å². The molecule has 1 unspecified atom stereocenters. The zero-order valence-corrected chi connectivity index (χ0v) is 27.8. The van der Waals surface area contributed by atoms with Crippen molar-refractivity contribution in [3.05, 3.63) is 22.6 Å². The number of nitrogens with one attached hydrogen (secondary N) is 1. The number of hydrogen-bond donors (Lipinski definition) is 3. The van der Waals surface area contributed by atoms with Crippen LogP contribution < -0.4 is 16.8 Å². The highest BCUT2D eigenvalue weighted by Gasteiger charge is 2.54. The lowest BCUT2D eigenvalue weighted by Crippen LogP contribution is -2.71. The number of nitrogen functional groups attached to an aromatic ring is 1. The van der Waals surface area contributed by atoms with E-state index in [0.717, 1.165) is 11.5 Å². The van der Waals surface area contributed by atoms with Gasteiger partial charge in [0.05, 0.1) is 5.41 Å². The molecule has 4 rings (SSSR count). The maximum atomic E-state index is 13.4. The normalized spacial score (nSPS) is 18.1. The van der Waals surface area contributed by atoms with Crippen LogP contribution >= 0.6 is 58.8 Å². The van der Waals surface area contributed by atoms with Gasteiger partial charge < -0.3 is 31.1 Å². The molecule has 1 fully saturated rings. The molecule has 2 atom stereocenters. The fraction of sp³-hybridized carbons (Fsp3) is 0.522. The lowest BCUT2D eigenvalue weighted by molar-refractivity contribution is -0.173. The first kappa shape index (κ1) is 35.4. The van der Waals surface area contributed by atoms with Gasteiger partial charge in [0.2, 0.25) is 18.3 Å². The molecule has 4 heterocycles. The number of nitrogens with two attached hydrogens (primary N) is 2. The molecule has 1 saturated heterocycles. The Morgan fingerprint density at radius 1 is 1.27 bits per heavy atom. The minimum Gasteiger partial charge on any atom is -0.427 e. The number of oxime groups is 1. The average molecular weight is 708 g/mol. The minimum absolute atomic E-state index is 0. The topological polar surface area (TPSA) is 227 Å². The fourth-order valence-corrected chi connectivity index (χ4v) is 6.97. The standard InChI is InChI=1S/C23H29N9O7S4.ClH/c1-23(2,3)20(36)38-10-37-19(35)14-11(8-41-22-29-26-9-42-22)7-40-18-13(17(34)32(14)18)27-16(33)12(30-39-6-4-5-24)15-28-21(25)43-31-15;/h9,13,18H,4-8,10,24H2,1-3H3,(H,27,33)(H2,25,28,31);1H/b30-12+;/t13?,18-;/m1./s1. The summed E-state index contributed by atoms with van der Waals surface area (Å²) < 4.78 is 15.0. The summed E-state index contributed by atoms with van der Waals surface area (Å²) >= 11 is 4.92. The summed E-state index contributed by atoms with van der Waals surface area (Å²) in [5.74, 6) is -2.07. The number of esters is 2. The number of ether oxygens (including phenoxy) is 2. The van der Waals surface area contributed by atoms with Gasteiger partial charge >= 0.3 is 11.9 Å². The van der Waals surface area contributed by atoms with E-state index in [1.54, 1.807) is 26.3 Å². The number of rotatable bonds is 13. The molecule has 2 aliphatic rings. The van der Waals surface area contributed by atoms with Crippen molar-refractivity contribution in [2.75, 3.05) is 37.2 Å². The Morgan fingerprint density at radius 2 is 2.05 bits per heavy atom. The first-order chi connectivity index (χ1) is 20.5. The van der Waals surface area contributed by atoms with Gasteiger partial charge in [-0.15, -0.1) is 34.4 Å². The Labute approximate surface area is 274 Å². The Kier molecular flexibility index (Phi) is 12.7. The summed E-state index contributed by atoms with van der Waals surface area (Å²) in [6, 6.07) is -0.999. The van der Waals surface area contributed by atoms with Crippen LogP contribution in [0.5, 0.6) is 0 Å². The SMILES string of the molecule is CC(C)(C)C(=O)OCOC(=O)C1=C(CSc2nncs2)CS[C@@H]2C(NC(=O)/C(=N/OCCCN)c3nsc(N)n3)C(=O)N12.Cl. The molecular weight excluding hydrogens is 678 g/mol.